The van der Waals surface area contributed by atoms with E-state index >= 15 is 0 Å². The summed E-state index contributed by atoms with van der Waals surface area (Å²) in [5, 5.41) is 2.68. The lowest BCUT2D eigenvalue weighted by atomic mass is 10.1. The van der Waals surface area contributed by atoms with Gasteiger partial charge in [-0.15, -0.1) is 0 Å². The quantitative estimate of drug-likeness (QED) is 0.822. The van der Waals surface area contributed by atoms with E-state index in [1.165, 1.54) is 6.33 Å². The molecule has 0 bridgehead atoms. The highest BCUT2D eigenvalue weighted by Gasteiger charge is 2.00. The van der Waals surface area contributed by atoms with Crippen molar-refractivity contribution in [2.24, 2.45) is 5.73 Å². The molecule has 0 spiro atoms. The number of rotatable bonds is 3. The molecular weight excluding hydrogens is 216 g/mol. The molecule has 1 heterocycles. The van der Waals surface area contributed by atoms with Gasteiger partial charge in [0.15, 0.2) is 0 Å². The van der Waals surface area contributed by atoms with E-state index in [-0.39, 0.29) is 12.5 Å². The van der Waals surface area contributed by atoms with E-state index < -0.39 is 0 Å². The summed E-state index contributed by atoms with van der Waals surface area (Å²) in [6.07, 6.45) is 4.96. The number of amides is 1. The number of hydrogen-bond donors (Lipinski definition) is 2. The van der Waals surface area contributed by atoms with Crippen molar-refractivity contribution in [2.75, 3.05) is 11.9 Å². The summed E-state index contributed by atoms with van der Waals surface area (Å²) < 4.78 is 0. The average molecular weight is 228 g/mol. The zero-order chi connectivity index (χ0) is 12.1. The zero-order valence-electron chi connectivity index (χ0n) is 9.13. The first kappa shape index (κ1) is 11.2. The van der Waals surface area contributed by atoms with Gasteiger partial charge in [0.25, 0.3) is 0 Å². The molecule has 5 heteroatoms. The summed E-state index contributed by atoms with van der Waals surface area (Å²) >= 11 is 0. The summed E-state index contributed by atoms with van der Waals surface area (Å²) in [6, 6.07) is 7.42. The second-order valence-corrected chi connectivity index (χ2v) is 3.46. The molecule has 0 saturated heterocycles. The number of nitrogens with two attached hydrogens (primary N) is 1. The lowest BCUT2D eigenvalue weighted by molar-refractivity contribution is -0.114. The van der Waals surface area contributed by atoms with Crippen molar-refractivity contribution in [1.82, 2.24) is 9.97 Å². The van der Waals surface area contributed by atoms with Crippen molar-refractivity contribution in [1.29, 1.82) is 0 Å². The number of carbonyl (C=O) groups excluding carboxylic acids is 1. The minimum Gasteiger partial charge on any atom is -0.325 e. The number of hydrogen-bond acceptors (Lipinski definition) is 4. The number of anilines is 1. The number of nitrogens with one attached hydrogen (secondary N) is 1. The predicted molar refractivity (Wildman–Crippen MR) is 65.2 cm³/mol. The van der Waals surface area contributed by atoms with Crippen LogP contribution < -0.4 is 11.1 Å². The topological polar surface area (TPSA) is 80.9 Å². The van der Waals surface area contributed by atoms with Gasteiger partial charge in [0, 0.05) is 23.6 Å². The molecule has 86 valence electrons. The van der Waals surface area contributed by atoms with E-state index in [1.807, 2.05) is 24.3 Å². The first-order valence-corrected chi connectivity index (χ1v) is 5.15. The first-order chi connectivity index (χ1) is 8.29. The lowest BCUT2D eigenvalue weighted by Crippen LogP contribution is -2.21. The molecule has 0 atom stereocenters. The highest BCUT2D eigenvalue weighted by atomic mass is 16.1. The van der Waals surface area contributed by atoms with Gasteiger partial charge in [-0.05, 0) is 17.7 Å². The minimum atomic E-state index is -0.208. The van der Waals surface area contributed by atoms with E-state index in [9.17, 15) is 4.79 Å². The Labute approximate surface area is 98.7 Å². The molecular formula is C12H12N4O. The van der Waals surface area contributed by atoms with Crippen molar-refractivity contribution in [2.45, 2.75) is 0 Å². The number of benzene rings is 1. The summed E-state index contributed by atoms with van der Waals surface area (Å²) in [5.74, 6) is -0.208. The van der Waals surface area contributed by atoms with Crippen LogP contribution in [0.1, 0.15) is 0 Å². The average Bonchev–Trinajstić information content (AvgIpc) is 2.40. The standard InChI is InChI=1S/C12H12N4O/c13-5-12(17)16-11-3-1-9(2-4-11)10-6-14-8-15-7-10/h1-4,6-8H,5,13H2,(H,16,17). The van der Waals surface area contributed by atoms with Crippen LogP contribution in [0.2, 0.25) is 0 Å². The van der Waals surface area contributed by atoms with Crippen LogP contribution in [0.25, 0.3) is 11.1 Å². The molecule has 5 nitrogen and oxygen atoms in total. The van der Waals surface area contributed by atoms with E-state index in [0.717, 1.165) is 16.8 Å². The third-order valence-corrected chi connectivity index (χ3v) is 2.25. The normalized spacial score (nSPS) is 9.94. The van der Waals surface area contributed by atoms with E-state index in [0.29, 0.717) is 0 Å². The van der Waals surface area contributed by atoms with Crippen LogP contribution in [0.15, 0.2) is 43.0 Å². The Morgan fingerprint density at radius 1 is 1.12 bits per heavy atom. The lowest BCUT2D eigenvalue weighted by Gasteiger charge is -2.05. The molecule has 0 radical (unpaired) electrons. The Morgan fingerprint density at radius 3 is 2.35 bits per heavy atom. The van der Waals surface area contributed by atoms with Crippen LogP contribution in [-0.4, -0.2) is 22.4 Å². The largest absolute Gasteiger partial charge is 0.325 e. The van der Waals surface area contributed by atoms with Crippen LogP contribution in [0.5, 0.6) is 0 Å². The molecule has 0 fully saturated rings. The van der Waals surface area contributed by atoms with Gasteiger partial charge in [-0.1, -0.05) is 12.1 Å². The molecule has 0 aliphatic rings. The third-order valence-electron chi connectivity index (χ3n) is 2.25. The minimum absolute atomic E-state index is 0.0196. The maximum Gasteiger partial charge on any atom is 0.238 e. The van der Waals surface area contributed by atoms with Crippen LogP contribution in [0.3, 0.4) is 0 Å². The van der Waals surface area contributed by atoms with E-state index in [2.05, 4.69) is 15.3 Å². The number of carbonyl (C=O) groups is 1. The van der Waals surface area contributed by atoms with Gasteiger partial charge >= 0.3 is 0 Å². The molecule has 1 aromatic heterocycles. The first-order valence-electron chi connectivity index (χ1n) is 5.15. The summed E-state index contributed by atoms with van der Waals surface area (Å²) in [5.41, 5.74) is 7.87. The molecule has 2 aromatic rings. The fourth-order valence-electron chi connectivity index (χ4n) is 1.41. The van der Waals surface area contributed by atoms with E-state index in [4.69, 9.17) is 5.73 Å². The van der Waals surface area contributed by atoms with Crippen molar-refractivity contribution in [3.63, 3.8) is 0 Å². The summed E-state index contributed by atoms with van der Waals surface area (Å²) in [7, 11) is 0. The fourth-order valence-corrected chi connectivity index (χ4v) is 1.41. The highest BCUT2D eigenvalue weighted by molar-refractivity contribution is 5.92. The van der Waals surface area contributed by atoms with Crippen LogP contribution in [-0.2, 0) is 4.79 Å². The second-order valence-electron chi connectivity index (χ2n) is 3.46. The van der Waals surface area contributed by atoms with E-state index in [1.54, 1.807) is 12.4 Å². The van der Waals surface area contributed by atoms with Crippen LogP contribution in [0, 0.1) is 0 Å². The van der Waals surface area contributed by atoms with Gasteiger partial charge in [0.05, 0.1) is 6.54 Å². The van der Waals surface area contributed by atoms with Crippen molar-refractivity contribution in [3.05, 3.63) is 43.0 Å². The molecule has 0 aliphatic carbocycles. The molecule has 0 saturated carbocycles. The number of aromatic nitrogens is 2. The van der Waals surface area contributed by atoms with Crippen molar-refractivity contribution >= 4 is 11.6 Å². The summed E-state index contributed by atoms with van der Waals surface area (Å²) in [6.45, 7) is -0.0196. The van der Waals surface area contributed by atoms with Gasteiger partial charge in [0.2, 0.25) is 5.91 Å². The van der Waals surface area contributed by atoms with Gasteiger partial charge < -0.3 is 11.1 Å². The van der Waals surface area contributed by atoms with Gasteiger partial charge in [-0.25, -0.2) is 9.97 Å². The molecule has 2 rings (SSSR count). The van der Waals surface area contributed by atoms with Crippen molar-refractivity contribution in [3.8, 4) is 11.1 Å². The molecule has 0 unspecified atom stereocenters. The fraction of sp³-hybridized carbons (Fsp3) is 0.0833. The SMILES string of the molecule is NCC(=O)Nc1ccc(-c2cncnc2)cc1. The zero-order valence-corrected chi connectivity index (χ0v) is 9.13. The Kier molecular flexibility index (Phi) is 3.42. The predicted octanol–water partition coefficient (Wildman–Crippen LogP) is 1.04. The second kappa shape index (κ2) is 5.18. The molecule has 3 N–H and O–H groups in total. The monoisotopic (exact) mass is 228 g/mol. The molecule has 1 amide bonds. The molecule has 1 aromatic carbocycles. The van der Waals surface area contributed by atoms with Gasteiger partial charge in [-0.2, -0.15) is 0 Å². The molecule has 17 heavy (non-hydrogen) atoms. The molecule has 0 aliphatic heterocycles. The third kappa shape index (κ3) is 2.85. The Morgan fingerprint density at radius 2 is 1.76 bits per heavy atom. The van der Waals surface area contributed by atoms with Gasteiger partial charge in [-0.3, -0.25) is 4.79 Å². The van der Waals surface area contributed by atoms with Crippen LogP contribution in [0.4, 0.5) is 5.69 Å². The Balaban J connectivity index is 2.16. The maximum atomic E-state index is 11.1. The Hall–Kier alpha value is -2.27. The van der Waals surface area contributed by atoms with Crippen molar-refractivity contribution < 1.29 is 4.79 Å². The Bertz CT molecular complexity index is 496. The highest BCUT2D eigenvalue weighted by Crippen LogP contribution is 2.19. The maximum absolute atomic E-state index is 11.1. The number of nitrogens with zero attached hydrogens (tertiary/aromatic N) is 2. The smallest absolute Gasteiger partial charge is 0.238 e. The van der Waals surface area contributed by atoms with Gasteiger partial charge in [0.1, 0.15) is 6.33 Å². The van der Waals surface area contributed by atoms with Crippen LogP contribution >= 0.6 is 0 Å². The summed E-state index contributed by atoms with van der Waals surface area (Å²) in [4.78, 5) is 19.0.